The van der Waals surface area contributed by atoms with Crippen molar-refractivity contribution in [3.05, 3.63) is 50.2 Å². The number of carbonyl (C=O) groups is 1. The van der Waals surface area contributed by atoms with E-state index < -0.39 is 10.9 Å². The normalized spacial score (nSPS) is 10.4. The van der Waals surface area contributed by atoms with Gasteiger partial charge in [-0.2, -0.15) is 4.68 Å². The van der Waals surface area contributed by atoms with Crippen LogP contribution in [0.4, 0.5) is 5.95 Å². The number of hydrogen-bond acceptors (Lipinski definition) is 5. The first-order chi connectivity index (χ1) is 8.99. The van der Waals surface area contributed by atoms with Crippen LogP contribution in [0.25, 0.3) is 0 Å². The molecule has 1 aromatic heterocycles. The molecule has 0 aliphatic heterocycles. The summed E-state index contributed by atoms with van der Waals surface area (Å²) in [5.74, 6) is -0.719. The third-order valence-corrected chi connectivity index (χ3v) is 3.10. The Bertz CT molecular complexity index is 653. The molecular weight excluding hydrogens is 316 g/mol. The van der Waals surface area contributed by atoms with Crippen LogP contribution in [0.5, 0.6) is 0 Å². The first-order valence-corrected chi connectivity index (χ1v) is 6.12. The number of hydrogen-bond donors (Lipinski definition) is 0. The molecule has 0 spiro atoms. The standard InChI is InChI=1S/C11H9BrN4O3/c1-7-4-2-3-5-8(7)9(17)6-15-10(12)13-11(14-15)16(18)19/h2-5H,6H2,1H3. The van der Waals surface area contributed by atoms with Crippen molar-refractivity contribution in [3.8, 4) is 0 Å². The van der Waals surface area contributed by atoms with E-state index in [0.29, 0.717) is 5.56 Å². The van der Waals surface area contributed by atoms with Gasteiger partial charge in [0, 0.05) is 26.6 Å². The van der Waals surface area contributed by atoms with E-state index in [9.17, 15) is 14.9 Å². The van der Waals surface area contributed by atoms with Crippen LogP contribution in [0, 0.1) is 17.0 Å². The summed E-state index contributed by atoms with van der Waals surface area (Å²) in [5.41, 5.74) is 1.41. The summed E-state index contributed by atoms with van der Waals surface area (Å²) in [6.07, 6.45) is 0. The molecule has 1 aromatic carbocycles. The second kappa shape index (κ2) is 5.27. The van der Waals surface area contributed by atoms with Gasteiger partial charge in [0.25, 0.3) is 4.73 Å². The van der Waals surface area contributed by atoms with E-state index in [1.807, 2.05) is 19.1 Å². The Balaban J connectivity index is 2.24. The van der Waals surface area contributed by atoms with Crippen molar-refractivity contribution >= 4 is 27.7 Å². The van der Waals surface area contributed by atoms with Gasteiger partial charge in [0.2, 0.25) is 0 Å². The minimum absolute atomic E-state index is 0.105. The summed E-state index contributed by atoms with van der Waals surface area (Å²) < 4.78 is 1.31. The minimum atomic E-state index is -0.709. The van der Waals surface area contributed by atoms with Crippen LogP contribution in [0.15, 0.2) is 29.0 Å². The number of aryl methyl sites for hydroxylation is 1. The third kappa shape index (κ3) is 2.84. The van der Waals surface area contributed by atoms with Crippen LogP contribution in [0.3, 0.4) is 0 Å². The number of ketones is 1. The maximum atomic E-state index is 12.1. The van der Waals surface area contributed by atoms with Gasteiger partial charge in [-0.25, -0.2) is 0 Å². The Morgan fingerprint density at radius 3 is 2.74 bits per heavy atom. The molecule has 7 nitrogen and oxygen atoms in total. The molecule has 0 aliphatic carbocycles. The lowest BCUT2D eigenvalue weighted by molar-refractivity contribution is -0.394. The van der Waals surface area contributed by atoms with Crippen LogP contribution in [-0.4, -0.2) is 25.5 Å². The molecule has 0 saturated heterocycles. The average molecular weight is 325 g/mol. The van der Waals surface area contributed by atoms with Gasteiger partial charge >= 0.3 is 5.95 Å². The zero-order valence-corrected chi connectivity index (χ0v) is 11.5. The zero-order chi connectivity index (χ0) is 14.0. The second-order valence-corrected chi connectivity index (χ2v) is 4.54. The molecule has 8 heteroatoms. The van der Waals surface area contributed by atoms with Gasteiger partial charge in [-0.1, -0.05) is 24.3 Å². The smallest absolute Gasteiger partial charge is 0.390 e. The van der Waals surface area contributed by atoms with Crippen LogP contribution in [0.1, 0.15) is 15.9 Å². The molecule has 0 bridgehead atoms. The highest BCUT2D eigenvalue weighted by molar-refractivity contribution is 9.10. The van der Waals surface area contributed by atoms with Crippen molar-refractivity contribution in [1.29, 1.82) is 0 Å². The summed E-state index contributed by atoms with van der Waals surface area (Å²) in [6, 6.07) is 7.13. The predicted octanol–water partition coefficient (Wildman–Crippen LogP) is 2.14. The Kier molecular flexibility index (Phi) is 3.70. The van der Waals surface area contributed by atoms with E-state index in [1.54, 1.807) is 12.1 Å². The first-order valence-electron chi connectivity index (χ1n) is 5.32. The average Bonchev–Trinajstić information content (AvgIpc) is 2.71. The molecule has 0 fully saturated rings. The second-order valence-electron chi connectivity index (χ2n) is 3.83. The molecule has 1 heterocycles. The fraction of sp³-hybridized carbons (Fsp3) is 0.182. The molecule has 2 aromatic rings. The number of nitrogens with zero attached hydrogens (tertiary/aromatic N) is 4. The van der Waals surface area contributed by atoms with Crippen molar-refractivity contribution in [2.75, 3.05) is 0 Å². The molecule has 0 radical (unpaired) electrons. The summed E-state index contributed by atoms with van der Waals surface area (Å²) in [6.45, 7) is 1.72. The molecular formula is C11H9BrN4O3. The highest BCUT2D eigenvalue weighted by Crippen LogP contribution is 2.14. The lowest BCUT2D eigenvalue weighted by Gasteiger charge is -2.02. The quantitative estimate of drug-likeness (QED) is 0.488. The molecule has 0 N–H and O–H groups in total. The fourth-order valence-corrected chi connectivity index (χ4v) is 1.96. The van der Waals surface area contributed by atoms with Gasteiger partial charge in [0.1, 0.15) is 6.54 Å². The van der Waals surface area contributed by atoms with Crippen molar-refractivity contribution in [2.45, 2.75) is 13.5 Å². The van der Waals surface area contributed by atoms with Gasteiger partial charge in [-0.15, -0.1) is 0 Å². The molecule has 0 aliphatic rings. The zero-order valence-electron chi connectivity index (χ0n) is 9.91. The van der Waals surface area contributed by atoms with Gasteiger partial charge in [-0.05, 0) is 22.4 Å². The molecule has 2 rings (SSSR count). The molecule has 0 atom stereocenters. The summed E-state index contributed by atoms with van der Waals surface area (Å²) >= 11 is 3.04. The molecule has 0 unspecified atom stereocenters. The van der Waals surface area contributed by atoms with Gasteiger partial charge in [0.05, 0.1) is 0 Å². The Labute approximate surface area is 116 Å². The summed E-state index contributed by atoms with van der Waals surface area (Å²) in [7, 11) is 0. The van der Waals surface area contributed by atoms with Crippen LogP contribution >= 0.6 is 15.9 Å². The Morgan fingerprint density at radius 1 is 1.47 bits per heavy atom. The maximum absolute atomic E-state index is 12.1. The van der Waals surface area contributed by atoms with E-state index in [2.05, 4.69) is 26.0 Å². The number of aromatic nitrogens is 3. The lowest BCUT2D eigenvalue weighted by atomic mass is 10.1. The molecule has 0 amide bonds. The largest absolute Gasteiger partial charge is 0.492 e. The third-order valence-electron chi connectivity index (χ3n) is 2.52. The molecule has 0 saturated carbocycles. The van der Waals surface area contributed by atoms with E-state index in [4.69, 9.17) is 0 Å². The summed E-state index contributed by atoms with van der Waals surface area (Å²) in [5, 5.41) is 14.2. The van der Waals surface area contributed by atoms with Crippen LogP contribution in [0.2, 0.25) is 0 Å². The van der Waals surface area contributed by atoms with Crippen molar-refractivity contribution in [1.82, 2.24) is 14.8 Å². The number of halogens is 1. The highest BCUT2D eigenvalue weighted by Gasteiger charge is 2.22. The highest BCUT2D eigenvalue weighted by atomic mass is 79.9. The number of benzene rings is 1. The predicted molar refractivity (Wildman–Crippen MR) is 69.9 cm³/mol. The monoisotopic (exact) mass is 324 g/mol. The first kappa shape index (κ1) is 13.3. The SMILES string of the molecule is Cc1ccccc1C(=O)Cn1nc([N+](=O)[O-])nc1Br. The van der Waals surface area contributed by atoms with E-state index in [1.165, 1.54) is 0 Å². The van der Waals surface area contributed by atoms with Crippen LogP contribution in [-0.2, 0) is 6.54 Å². The Hall–Kier alpha value is -2.09. The fourth-order valence-electron chi connectivity index (χ4n) is 1.60. The van der Waals surface area contributed by atoms with E-state index >= 15 is 0 Å². The van der Waals surface area contributed by atoms with Crippen molar-refractivity contribution in [2.24, 2.45) is 0 Å². The van der Waals surface area contributed by atoms with E-state index in [0.717, 1.165) is 10.2 Å². The van der Waals surface area contributed by atoms with E-state index in [-0.39, 0.29) is 17.1 Å². The maximum Gasteiger partial charge on any atom is 0.492 e. The van der Waals surface area contributed by atoms with Gasteiger partial charge in [-0.3, -0.25) is 4.79 Å². The summed E-state index contributed by atoms with van der Waals surface area (Å²) in [4.78, 5) is 25.5. The van der Waals surface area contributed by atoms with Crippen molar-refractivity contribution in [3.63, 3.8) is 0 Å². The van der Waals surface area contributed by atoms with Crippen LogP contribution < -0.4 is 0 Å². The van der Waals surface area contributed by atoms with Gasteiger partial charge < -0.3 is 10.1 Å². The topological polar surface area (TPSA) is 90.9 Å². The number of carbonyl (C=O) groups excluding carboxylic acids is 1. The number of rotatable bonds is 4. The number of Topliss-reactive ketones (excluding diaryl/α,β-unsaturated/α-hetero) is 1. The minimum Gasteiger partial charge on any atom is -0.390 e. The molecule has 19 heavy (non-hydrogen) atoms. The Morgan fingerprint density at radius 2 is 2.16 bits per heavy atom. The lowest BCUT2D eigenvalue weighted by Crippen LogP contribution is -2.13. The molecule has 98 valence electrons. The number of nitro groups is 1. The van der Waals surface area contributed by atoms with Crippen molar-refractivity contribution < 1.29 is 9.72 Å². The van der Waals surface area contributed by atoms with Gasteiger partial charge in [0.15, 0.2) is 5.78 Å².